The van der Waals surface area contributed by atoms with E-state index in [2.05, 4.69) is 11.4 Å². The number of rotatable bonds is 4. The number of cyclic esters (lactones) is 1. The summed E-state index contributed by atoms with van der Waals surface area (Å²) in [6.07, 6.45) is 3.41. The Hall–Kier alpha value is -3.34. The van der Waals surface area contributed by atoms with Crippen LogP contribution in [0.15, 0.2) is 41.5 Å². The van der Waals surface area contributed by atoms with E-state index in [-0.39, 0.29) is 19.0 Å². The van der Waals surface area contributed by atoms with Crippen molar-refractivity contribution < 1.29 is 18.7 Å². The van der Waals surface area contributed by atoms with Crippen LogP contribution in [0.2, 0.25) is 0 Å². The van der Waals surface area contributed by atoms with Crippen LogP contribution >= 0.6 is 0 Å². The number of ether oxygens (including phenoxy) is 1. The highest BCUT2D eigenvalue weighted by atomic mass is 19.1. The van der Waals surface area contributed by atoms with Gasteiger partial charge in [0.05, 0.1) is 30.5 Å². The van der Waals surface area contributed by atoms with Crippen LogP contribution in [0.4, 0.5) is 20.6 Å². The smallest absolute Gasteiger partial charge is 0.414 e. The average Bonchev–Trinajstić information content (AvgIpc) is 3.33. The molecule has 0 saturated carbocycles. The molecule has 1 aromatic rings. The summed E-state index contributed by atoms with van der Waals surface area (Å²) in [6, 6.07) is 6.81. The molecule has 1 aliphatic carbocycles. The number of fused-ring (bicyclic) bond motifs is 1. The summed E-state index contributed by atoms with van der Waals surface area (Å²) in [5, 5.41) is 11.4. The fraction of sp³-hybridized carbons (Fsp3) is 0.381. The Labute approximate surface area is 168 Å². The molecule has 2 amide bonds. The number of hydrogen-bond acceptors (Lipinski definition) is 5. The average molecular weight is 396 g/mol. The molecule has 3 aliphatic rings. The molecule has 2 aliphatic heterocycles. The lowest BCUT2D eigenvalue weighted by Gasteiger charge is -2.21. The van der Waals surface area contributed by atoms with Crippen LogP contribution < -0.4 is 15.1 Å². The number of carbonyl (C=O) groups excluding carboxylic acids is 2. The van der Waals surface area contributed by atoms with Crippen molar-refractivity contribution in [1.29, 1.82) is 5.26 Å². The summed E-state index contributed by atoms with van der Waals surface area (Å²) in [5.74, 6) is -0.277. The fourth-order valence-corrected chi connectivity index (χ4v) is 4.12. The topological polar surface area (TPSA) is 85.7 Å². The number of allylic oxidation sites excluding steroid dienone is 3. The molecule has 8 heteroatoms. The third-order valence-electron chi connectivity index (χ3n) is 5.48. The lowest BCUT2D eigenvalue weighted by atomic mass is 10.1. The second-order valence-corrected chi connectivity index (χ2v) is 7.54. The zero-order valence-corrected chi connectivity index (χ0v) is 16.0. The Balaban J connectivity index is 1.45. The Morgan fingerprint density at radius 3 is 2.97 bits per heavy atom. The Kier molecular flexibility index (Phi) is 4.97. The lowest BCUT2D eigenvalue weighted by Crippen LogP contribution is -2.33. The van der Waals surface area contributed by atoms with E-state index in [1.807, 2.05) is 11.0 Å². The number of nitriles is 1. The quantitative estimate of drug-likeness (QED) is 0.791. The van der Waals surface area contributed by atoms with E-state index in [1.54, 1.807) is 18.2 Å². The van der Waals surface area contributed by atoms with Gasteiger partial charge in [0.1, 0.15) is 11.9 Å². The minimum absolute atomic E-state index is 0.198. The summed E-state index contributed by atoms with van der Waals surface area (Å²) in [6.45, 7) is 3.21. The number of halogens is 1. The van der Waals surface area contributed by atoms with E-state index in [0.29, 0.717) is 30.4 Å². The van der Waals surface area contributed by atoms with Crippen molar-refractivity contribution in [2.75, 3.05) is 36.0 Å². The highest BCUT2D eigenvalue weighted by Gasteiger charge is 2.35. The van der Waals surface area contributed by atoms with Gasteiger partial charge in [-0.05, 0) is 35.8 Å². The number of nitrogens with one attached hydrogen (secondary N) is 1. The van der Waals surface area contributed by atoms with Crippen molar-refractivity contribution in [2.45, 2.75) is 19.4 Å². The van der Waals surface area contributed by atoms with Crippen molar-refractivity contribution in [3.05, 3.63) is 47.3 Å². The first-order valence-corrected chi connectivity index (χ1v) is 9.51. The molecular formula is C21H21FN4O3. The Morgan fingerprint density at radius 2 is 2.28 bits per heavy atom. The molecule has 1 aromatic carbocycles. The molecule has 1 N–H and O–H groups in total. The van der Waals surface area contributed by atoms with Crippen LogP contribution in [0.3, 0.4) is 0 Å². The molecular weight excluding hydrogens is 375 g/mol. The van der Waals surface area contributed by atoms with Gasteiger partial charge < -0.3 is 15.0 Å². The number of carbonyl (C=O) groups is 2. The summed E-state index contributed by atoms with van der Waals surface area (Å²) in [5.41, 5.74) is 3.18. The third kappa shape index (κ3) is 3.81. The van der Waals surface area contributed by atoms with Gasteiger partial charge in [-0.3, -0.25) is 9.69 Å². The second-order valence-electron chi connectivity index (χ2n) is 7.54. The van der Waals surface area contributed by atoms with Crippen molar-refractivity contribution in [3.8, 4) is 6.07 Å². The molecule has 0 bridgehead atoms. The zero-order chi connectivity index (χ0) is 20.5. The maximum absolute atomic E-state index is 14.9. The van der Waals surface area contributed by atoms with Crippen molar-refractivity contribution in [3.63, 3.8) is 0 Å². The van der Waals surface area contributed by atoms with E-state index in [1.165, 1.54) is 23.5 Å². The molecule has 2 atom stereocenters. The van der Waals surface area contributed by atoms with E-state index in [9.17, 15) is 14.0 Å². The van der Waals surface area contributed by atoms with Gasteiger partial charge >= 0.3 is 6.09 Å². The van der Waals surface area contributed by atoms with Crippen molar-refractivity contribution in [1.82, 2.24) is 5.32 Å². The first-order valence-electron chi connectivity index (χ1n) is 9.51. The van der Waals surface area contributed by atoms with Crippen LogP contribution in [0.25, 0.3) is 0 Å². The standard InChI is InChI=1S/C21H21FN4O3/c1-13(27)24-9-18-12-26(21(28)29-18)17-2-3-20(19(22)8-17)25-10-15-6-14(4-5-23)7-16(15)11-25/h2-4,6,8,16,18H,7,9-12H2,1H3,(H,24,27)/t16?,18-/m0/s1. The van der Waals surface area contributed by atoms with E-state index < -0.39 is 18.0 Å². The zero-order valence-electron chi connectivity index (χ0n) is 16.0. The van der Waals surface area contributed by atoms with Gasteiger partial charge in [0.25, 0.3) is 0 Å². The number of benzene rings is 1. The number of anilines is 2. The minimum Gasteiger partial charge on any atom is -0.442 e. The predicted octanol–water partition coefficient (Wildman–Crippen LogP) is 2.50. The molecule has 1 unspecified atom stereocenters. The highest BCUT2D eigenvalue weighted by Crippen LogP contribution is 2.39. The number of nitrogens with zero attached hydrogens (tertiary/aromatic N) is 3. The normalized spacial score (nSPS) is 24.4. The SMILES string of the molecule is CC(=O)NC[C@H]1CN(c2ccc(N3CC4=CC(=CC#N)CC4C3)c(F)c2)C(=O)O1. The Bertz CT molecular complexity index is 965. The van der Waals surface area contributed by atoms with Gasteiger partial charge in [-0.2, -0.15) is 5.26 Å². The van der Waals surface area contributed by atoms with Crippen LogP contribution in [0.1, 0.15) is 13.3 Å². The monoisotopic (exact) mass is 396 g/mol. The molecule has 0 spiro atoms. The molecule has 29 heavy (non-hydrogen) atoms. The first kappa shape index (κ1) is 19.0. The summed E-state index contributed by atoms with van der Waals surface area (Å²) >= 11 is 0. The highest BCUT2D eigenvalue weighted by molar-refractivity contribution is 5.90. The number of hydrogen-bond donors (Lipinski definition) is 1. The molecule has 4 rings (SSSR count). The summed E-state index contributed by atoms with van der Waals surface area (Å²) in [4.78, 5) is 26.5. The molecule has 150 valence electrons. The minimum atomic E-state index is -0.551. The second kappa shape index (κ2) is 7.59. The Morgan fingerprint density at radius 1 is 1.45 bits per heavy atom. The lowest BCUT2D eigenvalue weighted by molar-refractivity contribution is -0.119. The largest absolute Gasteiger partial charge is 0.442 e. The molecule has 2 fully saturated rings. The maximum atomic E-state index is 14.9. The molecule has 2 saturated heterocycles. The third-order valence-corrected chi connectivity index (χ3v) is 5.48. The van der Waals surface area contributed by atoms with Crippen LogP contribution in [-0.2, 0) is 9.53 Å². The van der Waals surface area contributed by atoms with Gasteiger partial charge in [-0.15, -0.1) is 0 Å². The van der Waals surface area contributed by atoms with E-state index in [4.69, 9.17) is 10.00 Å². The van der Waals surface area contributed by atoms with E-state index in [0.717, 1.165) is 12.0 Å². The van der Waals surface area contributed by atoms with Gasteiger partial charge in [0.2, 0.25) is 5.91 Å². The predicted molar refractivity (Wildman–Crippen MR) is 105 cm³/mol. The van der Waals surface area contributed by atoms with Gasteiger partial charge in [0, 0.05) is 32.0 Å². The van der Waals surface area contributed by atoms with Gasteiger partial charge in [0.15, 0.2) is 0 Å². The molecule has 0 radical (unpaired) electrons. The summed E-state index contributed by atoms with van der Waals surface area (Å²) < 4.78 is 20.1. The molecule has 2 heterocycles. The van der Waals surface area contributed by atoms with Gasteiger partial charge in [-0.25, -0.2) is 9.18 Å². The fourth-order valence-electron chi connectivity index (χ4n) is 4.12. The maximum Gasteiger partial charge on any atom is 0.414 e. The number of amides is 2. The first-order chi connectivity index (χ1) is 13.9. The van der Waals surface area contributed by atoms with Crippen LogP contribution in [0.5, 0.6) is 0 Å². The van der Waals surface area contributed by atoms with Crippen molar-refractivity contribution >= 4 is 23.4 Å². The molecule has 0 aromatic heterocycles. The van der Waals surface area contributed by atoms with Crippen LogP contribution in [0, 0.1) is 23.1 Å². The van der Waals surface area contributed by atoms with Crippen LogP contribution in [-0.4, -0.2) is 44.3 Å². The van der Waals surface area contributed by atoms with E-state index >= 15 is 0 Å². The molecule has 7 nitrogen and oxygen atoms in total. The van der Waals surface area contributed by atoms with Crippen molar-refractivity contribution in [2.24, 2.45) is 5.92 Å². The van der Waals surface area contributed by atoms with Gasteiger partial charge in [-0.1, -0.05) is 6.08 Å². The summed E-state index contributed by atoms with van der Waals surface area (Å²) in [7, 11) is 0.